The molecule has 0 saturated carbocycles. The Morgan fingerprint density at radius 1 is 0.333 bits per heavy atom. The summed E-state index contributed by atoms with van der Waals surface area (Å²) < 4.78 is 0. The predicted octanol–water partition coefficient (Wildman–Crippen LogP) is 15.2. The van der Waals surface area contributed by atoms with Crippen LogP contribution in [0.4, 0.5) is 0 Å². The topological polar surface area (TPSA) is 25.8 Å². The van der Waals surface area contributed by atoms with E-state index in [1.807, 2.05) is 12.4 Å². The van der Waals surface area contributed by atoms with Gasteiger partial charge in [-0.3, -0.25) is 4.98 Å². The minimum absolute atomic E-state index is 0.105. The van der Waals surface area contributed by atoms with Crippen molar-refractivity contribution in [3.8, 4) is 67.0 Å². The summed E-state index contributed by atoms with van der Waals surface area (Å²) >= 11 is 0. The van der Waals surface area contributed by atoms with E-state index in [1.54, 1.807) is 0 Å². The van der Waals surface area contributed by atoms with Crippen molar-refractivity contribution in [3.63, 3.8) is 0 Å². The standard InChI is InChI=1S/C58H42N2/c1-57(2)49-20-11-9-16-40(49)42-27-25-36(31-51(42)57)55-44-18-7-8-19-45(44)56(37-26-28-43-41-17-10-12-21-50(41)58(3,4)52(43)32-37)47-30-35(24-29-46(47)55)53-22-13-23-54(60-53)48-34-59-33-38-14-5-6-15-39(38)48/h5-34H,1-4H3. The summed E-state index contributed by atoms with van der Waals surface area (Å²) in [6.07, 6.45) is 3.87. The van der Waals surface area contributed by atoms with Crippen molar-refractivity contribution < 1.29 is 0 Å². The number of benzene rings is 8. The highest BCUT2D eigenvalue weighted by molar-refractivity contribution is 6.22. The first-order valence-electron chi connectivity index (χ1n) is 21.1. The van der Waals surface area contributed by atoms with Gasteiger partial charge >= 0.3 is 0 Å². The minimum Gasteiger partial charge on any atom is -0.263 e. The van der Waals surface area contributed by atoms with E-state index in [4.69, 9.17) is 4.98 Å². The number of hydrogen-bond acceptors (Lipinski definition) is 2. The third-order valence-corrected chi connectivity index (χ3v) is 13.8. The van der Waals surface area contributed by atoms with Crippen LogP contribution in [0.1, 0.15) is 49.9 Å². The maximum absolute atomic E-state index is 5.34. The summed E-state index contributed by atoms with van der Waals surface area (Å²) in [6, 6.07) is 63.1. The van der Waals surface area contributed by atoms with Crippen molar-refractivity contribution in [1.82, 2.24) is 9.97 Å². The Kier molecular flexibility index (Phi) is 7.36. The molecule has 2 aliphatic carbocycles. The molecule has 0 unspecified atom stereocenters. The van der Waals surface area contributed by atoms with Gasteiger partial charge in [-0.2, -0.15) is 0 Å². The maximum atomic E-state index is 5.34. The highest BCUT2D eigenvalue weighted by Gasteiger charge is 2.37. The van der Waals surface area contributed by atoms with Crippen molar-refractivity contribution in [3.05, 3.63) is 205 Å². The Balaban J connectivity index is 1.12. The van der Waals surface area contributed by atoms with Crippen molar-refractivity contribution in [2.45, 2.75) is 38.5 Å². The third-order valence-electron chi connectivity index (χ3n) is 13.8. The Bertz CT molecular complexity index is 3430. The van der Waals surface area contributed by atoms with Gasteiger partial charge < -0.3 is 0 Å². The molecular formula is C58H42N2. The summed E-state index contributed by atoms with van der Waals surface area (Å²) in [5, 5.41) is 7.21. The van der Waals surface area contributed by atoms with Crippen molar-refractivity contribution >= 4 is 32.3 Å². The molecule has 12 rings (SSSR count). The molecule has 8 aromatic carbocycles. The summed E-state index contributed by atoms with van der Waals surface area (Å²) in [5.74, 6) is 0. The maximum Gasteiger partial charge on any atom is 0.0731 e. The van der Waals surface area contributed by atoms with Gasteiger partial charge in [-0.1, -0.05) is 167 Å². The summed E-state index contributed by atoms with van der Waals surface area (Å²) in [7, 11) is 0. The molecule has 0 amide bonds. The average Bonchev–Trinajstić information content (AvgIpc) is 3.66. The van der Waals surface area contributed by atoms with Gasteiger partial charge in [-0.05, 0) is 124 Å². The van der Waals surface area contributed by atoms with E-state index in [9.17, 15) is 0 Å². The fraction of sp³-hybridized carbons (Fsp3) is 0.103. The zero-order chi connectivity index (χ0) is 40.3. The van der Waals surface area contributed by atoms with Gasteiger partial charge in [0.05, 0.1) is 11.4 Å². The second kappa shape index (κ2) is 12.7. The van der Waals surface area contributed by atoms with Crippen LogP contribution in [0, 0.1) is 0 Å². The van der Waals surface area contributed by atoms with Gasteiger partial charge in [0.1, 0.15) is 0 Å². The SMILES string of the molecule is CC1(C)c2ccccc2-c2ccc(-c3c4ccccc4c(-c4ccc5c(c4)C(C)(C)c4ccccc4-5)c4cc(-c5cccc(-c6cncc7ccccc67)n5)ccc34)cc21. The second-order valence-electron chi connectivity index (χ2n) is 17.7. The zero-order valence-electron chi connectivity index (χ0n) is 34.2. The molecule has 10 aromatic rings. The lowest BCUT2D eigenvalue weighted by molar-refractivity contribution is 0.660. The van der Waals surface area contributed by atoms with Crippen LogP contribution in [0.15, 0.2) is 182 Å². The van der Waals surface area contributed by atoms with E-state index < -0.39 is 0 Å². The number of rotatable bonds is 4. The molecule has 0 bridgehead atoms. The largest absolute Gasteiger partial charge is 0.263 e. The molecular weight excluding hydrogens is 725 g/mol. The molecule has 0 radical (unpaired) electrons. The Morgan fingerprint density at radius 2 is 0.833 bits per heavy atom. The Hall–Kier alpha value is -7.16. The molecule has 2 heterocycles. The predicted molar refractivity (Wildman–Crippen MR) is 251 cm³/mol. The van der Waals surface area contributed by atoms with Crippen LogP contribution < -0.4 is 0 Å². The molecule has 2 aromatic heterocycles. The second-order valence-corrected chi connectivity index (χ2v) is 17.7. The van der Waals surface area contributed by atoms with E-state index in [0.717, 1.165) is 33.3 Å². The molecule has 0 atom stereocenters. The zero-order valence-corrected chi connectivity index (χ0v) is 34.2. The molecule has 0 spiro atoms. The van der Waals surface area contributed by atoms with E-state index in [-0.39, 0.29) is 10.8 Å². The van der Waals surface area contributed by atoms with Crippen LogP contribution in [0.3, 0.4) is 0 Å². The summed E-state index contributed by atoms with van der Waals surface area (Å²) in [4.78, 5) is 9.94. The van der Waals surface area contributed by atoms with Crippen LogP contribution in [-0.2, 0) is 10.8 Å². The summed E-state index contributed by atoms with van der Waals surface area (Å²) in [6.45, 7) is 9.49. The van der Waals surface area contributed by atoms with Crippen LogP contribution in [0.5, 0.6) is 0 Å². The minimum atomic E-state index is -0.117. The lowest BCUT2D eigenvalue weighted by Gasteiger charge is -2.24. The summed E-state index contributed by atoms with van der Waals surface area (Å²) in [5.41, 5.74) is 19.6. The number of fused-ring (bicyclic) bond motifs is 9. The number of pyridine rings is 2. The van der Waals surface area contributed by atoms with Gasteiger partial charge in [0.2, 0.25) is 0 Å². The first kappa shape index (κ1) is 34.8. The van der Waals surface area contributed by atoms with E-state index >= 15 is 0 Å². The number of nitrogens with zero attached hydrogens (tertiary/aromatic N) is 2. The van der Waals surface area contributed by atoms with Crippen molar-refractivity contribution in [2.24, 2.45) is 0 Å². The van der Waals surface area contributed by atoms with Crippen molar-refractivity contribution in [2.75, 3.05) is 0 Å². The average molecular weight is 767 g/mol. The number of aromatic nitrogens is 2. The van der Waals surface area contributed by atoms with Crippen LogP contribution in [0.25, 0.3) is 99.3 Å². The molecule has 60 heavy (non-hydrogen) atoms. The lowest BCUT2D eigenvalue weighted by atomic mass is 9.79. The van der Waals surface area contributed by atoms with Crippen molar-refractivity contribution in [1.29, 1.82) is 0 Å². The van der Waals surface area contributed by atoms with Gasteiger partial charge in [0, 0.05) is 39.7 Å². The third kappa shape index (κ3) is 4.94. The first-order valence-corrected chi connectivity index (χ1v) is 21.1. The van der Waals surface area contributed by atoms with Gasteiger partial charge in [0.25, 0.3) is 0 Å². The van der Waals surface area contributed by atoms with Crippen LogP contribution in [0.2, 0.25) is 0 Å². The molecule has 284 valence electrons. The van der Waals surface area contributed by atoms with E-state index in [2.05, 4.69) is 203 Å². The molecule has 0 N–H and O–H groups in total. The Labute approximate surface area is 350 Å². The lowest BCUT2D eigenvalue weighted by Crippen LogP contribution is -2.15. The quantitative estimate of drug-likeness (QED) is 0.167. The van der Waals surface area contributed by atoms with Crippen LogP contribution >= 0.6 is 0 Å². The fourth-order valence-corrected chi connectivity index (χ4v) is 10.7. The fourth-order valence-electron chi connectivity index (χ4n) is 10.7. The molecule has 0 saturated heterocycles. The first-order chi connectivity index (χ1) is 29.3. The Morgan fingerprint density at radius 3 is 1.48 bits per heavy atom. The highest BCUT2D eigenvalue weighted by atomic mass is 14.7. The number of hydrogen-bond donors (Lipinski definition) is 0. The normalized spacial score (nSPS) is 14.3. The van der Waals surface area contributed by atoms with Crippen LogP contribution in [-0.4, -0.2) is 9.97 Å². The van der Waals surface area contributed by atoms with Gasteiger partial charge in [-0.15, -0.1) is 0 Å². The van der Waals surface area contributed by atoms with E-state index in [0.29, 0.717) is 0 Å². The van der Waals surface area contributed by atoms with E-state index in [1.165, 1.54) is 88.3 Å². The van der Waals surface area contributed by atoms with Gasteiger partial charge in [0.15, 0.2) is 0 Å². The molecule has 2 heteroatoms. The molecule has 0 fully saturated rings. The molecule has 2 aliphatic rings. The van der Waals surface area contributed by atoms with Gasteiger partial charge in [-0.25, -0.2) is 4.98 Å². The highest BCUT2D eigenvalue weighted by Crippen LogP contribution is 2.53. The smallest absolute Gasteiger partial charge is 0.0731 e. The monoisotopic (exact) mass is 766 g/mol. The molecule has 2 nitrogen and oxygen atoms in total. The molecule has 0 aliphatic heterocycles.